The molecule has 0 saturated carbocycles. The summed E-state index contributed by atoms with van der Waals surface area (Å²) in [4.78, 5) is 40.9. The first-order valence-corrected chi connectivity index (χ1v) is 10.6. The van der Waals surface area contributed by atoms with Gasteiger partial charge in [-0.2, -0.15) is 0 Å². The highest BCUT2D eigenvalue weighted by molar-refractivity contribution is 8.00. The molecule has 0 saturated heterocycles. The van der Waals surface area contributed by atoms with Crippen LogP contribution in [0.15, 0.2) is 52.1 Å². The van der Waals surface area contributed by atoms with Gasteiger partial charge in [-0.05, 0) is 31.2 Å². The number of carbonyl (C=O) groups is 3. The number of esters is 1. The Morgan fingerprint density at radius 3 is 2.76 bits per heavy atom. The number of anilines is 2. The van der Waals surface area contributed by atoms with Crippen LogP contribution in [0.5, 0.6) is 11.5 Å². The van der Waals surface area contributed by atoms with Crippen LogP contribution in [-0.4, -0.2) is 47.1 Å². The zero-order chi connectivity index (χ0) is 23.2. The highest BCUT2D eigenvalue weighted by atomic mass is 32.2. The first kappa shape index (κ1) is 22.1. The molecule has 4 rings (SSSR count). The minimum Gasteiger partial charge on any atom is -0.454 e. The van der Waals surface area contributed by atoms with Gasteiger partial charge in [0.2, 0.25) is 18.6 Å². The van der Waals surface area contributed by atoms with Crippen LogP contribution < -0.4 is 20.1 Å². The molecule has 3 aromatic rings. The maximum atomic E-state index is 12.5. The van der Waals surface area contributed by atoms with Crippen molar-refractivity contribution in [1.82, 2.24) is 10.1 Å². The molecule has 0 fully saturated rings. The van der Waals surface area contributed by atoms with Gasteiger partial charge in [-0.1, -0.05) is 16.9 Å². The lowest BCUT2D eigenvalue weighted by molar-refractivity contribution is -0.119. The average molecular weight is 470 g/mol. The predicted molar refractivity (Wildman–Crippen MR) is 116 cm³/mol. The second-order valence-electron chi connectivity index (χ2n) is 6.72. The van der Waals surface area contributed by atoms with Crippen molar-refractivity contribution in [2.75, 3.05) is 29.8 Å². The molecule has 1 aliphatic rings. The summed E-state index contributed by atoms with van der Waals surface area (Å²) < 4.78 is 20.5. The molecule has 3 heterocycles. The van der Waals surface area contributed by atoms with Gasteiger partial charge in [0.15, 0.2) is 18.1 Å². The zero-order valence-corrected chi connectivity index (χ0v) is 18.1. The molecule has 0 radical (unpaired) electrons. The smallest absolute Gasteiger partial charge is 0.341 e. The molecular weight excluding hydrogens is 452 g/mol. The molecule has 1 aromatic carbocycles. The first-order valence-electron chi connectivity index (χ1n) is 9.65. The molecule has 11 nitrogen and oxygen atoms in total. The monoisotopic (exact) mass is 470 g/mol. The largest absolute Gasteiger partial charge is 0.454 e. The molecule has 2 N–H and O–H groups in total. The number of hydrogen-bond acceptors (Lipinski definition) is 10. The molecule has 0 bridgehead atoms. The number of amides is 2. The van der Waals surface area contributed by atoms with Gasteiger partial charge < -0.3 is 24.1 Å². The Kier molecular flexibility index (Phi) is 6.74. The van der Waals surface area contributed by atoms with E-state index in [9.17, 15) is 14.4 Å². The Labute approximate surface area is 191 Å². The fourth-order valence-corrected chi connectivity index (χ4v) is 3.55. The lowest BCUT2D eigenvalue weighted by Crippen LogP contribution is -2.21. The van der Waals surface area contributed by atoms with Crippen LogP contribution in [0.4, 0.5) is 11.6 Å². The summed E-state index contributed by atoms with van der Waals surface area (Å²) in [5.74, 6) is -0.310. The maximum absolute atomic E-state index is 12.5. The maximum Gasteiger partial charge on any atom is 0.341 e. The number of aromatic nitrogens is 2. The number of nitrogens with one attached hydrogen (secondary N) is 2. The van der Waals surface area contributed by atoms with Gasteiger partial charge in [-0.25, -0.2) is 9.78 Å². The van der Waals surface area contributed by atoms with E-state index in [1.54, 1.807) is 31.2 Å². The Hall–Kier alpha value is -4.06. The van der Waals surface area contributed by atoms with Crippen molar-refractivity contribution in [3.8, 4) is 11.5 Å². The van der Waals surface area contributed by atoms with E-state index in [1.165, 1.54) is 18.3 Å². The third-order valence-corrected chi connectivity index (χ3v) is 5.22. The summed E-state index contributed by atoms with van der Waals surface area (Å²) in [5.41, 5.74) is 1.29. The Morgan fingerprint density at radius 1 is 1.09 bits per heavy atom. The van der Waals surface area contributed by atoms with Crippen LogP contribution in [0.25, 0.3) is 0 Å². The van der Waals surface area contributed by atoms with Crippen molar-refractivity contribution in [2.24, 2.45) is 0 Å². The molecule has 2 aromatic heterocycles. The van der Waals surface area contributed by atoms with Gasteiger partial charge in [0.1, 0.15) is 5.03 Å². The Bertz CT molecular complexity index is 1200. The number of aryl methyl sites for hydroxylation is 1. The minimum atomic E-state index is -0.745. The number of fused-ring (bicyclic) bond motifs is 1. The SMILES string of the molecule is Cc1cc(NC(=O)COC(=O)c2cccnc2SCC(=O)Nc2ccc3c(c2)OCO3)on1. The number of thioether (sulfide) groups is 1. The molecule has 170 valence electrons. The second-order valence-corrected chi connectivity index (χ2v) is 7.68. The van der Waals surface area contributed by atoms with Crippen LogP contribution in [0.2, 0.25) is 0 Å². The number of pyridine rings is 1. The lowest BCUT2D eigenvalue weighted by Gasteiger charge is -2.09. The molecule has 0 spiro atoms. The van der Waals surface area contributed by atoms with Crippen molar-refractivity contribution >= 4 is 41.1 Å². The first-order chi connectivity index (χ1) is 16.0. The summed E-state index contributed by atoms with van der Waals surface area (Å²) in [7, 11) is 0. The summed E-state index contributed by atoms with van der Waals surface area (Å²) >= 11 is 1.06. The lowest BCUT2D eigenvalue weighted by atomic mass is 10.3. The van der Waals surface area contributed by atoms with Gasteiger partial charge >= 0.3 is 5.97 Å². The third kappa shape index (κ3) is 5.80. The third-order valence-electron chi connectivity index (χ3n) is 4.21. The van der Waals surface area contributed by atoms with Crippen molar-refractivity contribution in [2.45, 2.75) is 11.9 Å². The number of benzene rings is 1. The molecule has 2 amide bonds. The van der Waals surface area contributed by atoms with Gasteiger partial charge in [-0.15, -0.1) is 0 Å². The quantitative estimate of drug-likeness (QED) is 0.373. The van der Waals surface area contributed by atoms with E-state index in [0.29, 0.717) is 27.9 Å². The summed E-state index contributed by atoms with van der Waals surface area (Å²) in [5, 5.41) is 9.12. The number of rotatable bonds is 8. The van der Waals surface area contributed by atoms with Gasteiger partial charge in [0.05, 0.1) is 17.0 Å². The molecule has 0 aliphatic carbocycles. The van der Waals surface area contributed by atoms with Crippen LogP contribution in [0, 0.1) is 6.92 Å². The molecular formula is C21H18N4O7S. The zero-order valence-electron chi connectivity index (χ0n) is 17.3. The highest BCUT2D eigenvalue weighted by Gasteiger charge is 2.18. The van der Waals surface area contributed by atoms with Gasteiger partial charge in [0, 0.05) is 24.0 Å². The van der Waals surface area contributed by atoms with Gasteiger partial charge in [-0.3, -0.25) is 14.9 Å². The number of ether oxygens (including phenoxy) is 3. The number of nitrogens with zero attached hydrogens (tertiary/aromatic N) is 2. The van der Waals surface area contributed by atoms with Crippen molar-refractivity contribution < 1.29 is 33.1 Å². The van der Waals surface area contributed by atoms with Crippen LogP contribution in [-0.2, 0) is 14.3 Å². The molecule has 1 aliphatic heterocycles. The summed E-state index contributed by atoms with van der Waals surface area (Å²) in [6, 6.07) is 9.67. The van der Waals surface area contributed by atoms with E-state index in [4.69, 9.17) is 18.7 Å². The van der Waals surface area contributed by atoms with Crippen molar-refractivity contribution in [1.29, 1.82) is 0 Å². The molecule has 12 heteroatoms. The molecule has 33 heavy (non-hydrogen) atoms. The summed E-state index contributed by atoms with van der Waals surface area (Å²) in [6.45, 7) is 1.32. The predicted octanol–water partition coefficient (Wildman–Crippen LogP) is 2.63. The fraction of sp³-hybridized carbons (Fsp3) is 0.190. The van der Waals surface area contributed by atoms with E-state index in [0.717, 1.165) is 11.8 Å². The normalized spacial score (nSPS) is 11.7. The van der Waals surface area contributed by atoms with E-state index >= 15 is 0 Å². The standard InChI is InChI=1S/C21H18N4O7S/c1-12-7-19(32-25-12)24-17(26)9-29-21(28)14-3-2-6-22-20(14)33-10-18(27)23-13-4-5-15-16(8-13)31-11-30-15/h2-8H,9-11H2,1H3,(H,23,27)(H,24,26). The Morgan fingerprint density at radius 2 is 1.94 bits per heavy atom. The van der Waals surface area contributed by atoms with E-state index in [1.807, 2.05) is 0 Å². The molecule has 0 atom stereocenters. The Balaban J connectivity index is 1.29. The van der Waals surface area contributed by atoms with Crippen LogP contribution in [0.3, 0.4) is 0 Å². The number of hydrogen-bond donors (Lipinski definition) is 2. The fourth-order valence-electron chi connectivity index (χ4n) is 2.77. The second kappa shape index (κ2) is 10.0. The number of carbonyl (C=O) groups excluding carboxylic acids is 3. The highest BCUT2D eigenvalue weighted by Crippen LogP contribution is 2.34. The van der Waals surface area contributed by atoms with Crippen molar-refractivity contribution in [3.63, 3.8) is 0 Å². The van der Waals surface area contributed by atoms with E-state index < -0.39 is 18.5 Å². The average Bonchev–Trinajstić information content (AvgIpc) is 3.44. The van der Waals surface area contributed by atoms with E-state index in [2.05, 4.69) is 20.8 Å². The summed E-state index contributed by atoms with van der Waals surface area (Å²) in [6.07, 6.45) is 1.49. The van der Waals surface area contributed by atoms with Crippen LogP contribution in [0.1, 0.15) is 16.1 Å². The molecule has 0 unspecified atom stereocenters. The van der Waals surface area contributed by atoms with Gasteiger partial charge in [0.25, 0.3) is 5.91 Å². The van der Waals surface area contributed by atoms with Crippen LogP contribution >= 0.6 is 11.8 Å². The topological polar surface area (TPSA) is 142 Å². The minimum absolute atomic E-state index is 0.00291. The van der Waals surface area contributed by atoms with E-state index in [-0.39, 0.29) is 29.9 Å². The van der Waals surface area contributed by atoms with Crippen molar-refractivity contribution in [3.05, 3.63) is 53.9 Å².